The first-order valence-electron chi connectivity index (χ1n) is 7.50. The molecule has 0 heterocycles. The predicted molar refractivity (Wildman–Crippen MR) is 97.3 cm³/mol. The lowest BCUT2D eigenvalue weighted by Crippen LogP contribution is -2.50. The maximum absolute atomic E-state index is 14.1. The van der Waals surface area contributed by atoms with Crippen molar-refractivity contribution in [3.05, 3.63) is 21.4 Å². The molecule has 0 bridgehead atoms. The van der Waals surface area contributed by atoms with Crippen LogP contribution in [0.4, 0.5) is 4.39 Å². The summed E-state index contributed by atoms with van der Waals surface area (Å²) < 4.78 is 25.8. The van der Waals surface area contributed by atoms with E-state index < -0.39 is 14.1 Å². The Balaban J connectivity index is 3.45. The molecular formula is C16H25BrClFO2Si. The summed E-state index contributed by atoms with van der Waals surface area (Å²) in [5.41, 5.74) is 1.20. The van der Waals surface area contributed by atoms with Crippen LogP contribution in [0.5, 0.6) is 11.5 Å². The Morgan fingerprint density at radius 2 is 1.50 bits per heavy atom. The molecule has 1 aromatic carbocycles. The van der Waals surface area contributed by atoms with E-state index in [1.54, 1.807) is 6.07 Å². The van der Waals surface area contributed by atoms with Crippen molar-refractivity contribution in [3.63, 3.8) is 0 Å². The molecular weight excluding hydrogens is 387 g/mol. The number of rotatable bonds is 6. The van der Waals surface area contributed by atoms with Gasteiger partial charge >= 0.3 is 0 Å². The van der Waals surface area contributed by atoms with E-state index in [1.165, 1.54) is 7.11 Å². The van der Waals surface area contributed by atoms with Gasteiger partial charge in [-0.15, -0.1) is 0 Å². The number of benzene rings is 1. The molecule has 0 saturated heterocycles. The molecule has 0 spiro atoms. The molecule has 0 saturated carbocycles. The van der Waals surface area contributed by atoms with Gasteiger partial charge in [-0.25, -0.2) is 4.39 Å². The van der Waals surface area contributed by atoms with Gasteiger partial charge in [0.25, 0.3) is 8.32 Å². The topological polar surface area (TPSA) is 18.5 Å². The minimum Gasteiger partial charge on any atom is -0.542 e. The van der Waals surface area contributed by atoms with Gasteiger partial charge in [0, 0.05) is 6.07 Å². The van der Waals surface area contributed by atoms with Crippen LogP contribution in [-0.2, 0) is 0 Å². The smallest absolute Gasteiger partial charge is 0.258 e. The van der Waals surface area contributed by atoms with Gasteiger partial charge in [0.1, 0.15) is 5.75 Å². The Kier molecular flexibility index (Phi) is 6.78. The van der Waals surface area contributed by atoms with E-state index in [2.05, 4.69) is 57.5 Å². The monoisotopic (exact) mass is 410 g/mol. The van der Waals surface area contributed by atoms with Crippen molar-refractivity contribution in [1.29, 1.82) is 0 Å². The number of ether oxygens (including phenoxy) is 1. The van der Waals surface area contributed by atoms with Crippen LogP contribution in [0.3, 0.4) is 0 Å². The van der Waals surface area contributed by atoms with E-state index in [0.717, 1.165) is 0 Å². The second-order valence-corrected chi connectivity index (χ2v) is 13.0. The van der Waals surface area contributed by atoms with Crippen molar-refractivity contribution < 1.29 is 13.6 Å². The standard InChI is InChI=1S/C16H25BrClFO2Si/c1-9(2)22(10(3)4,11(5)6)21-12-8-13(20-7)16(19)14(17)15(12)18/h8-11H,1-7H3. The van der Waals surface area contributed by atoms with Crippen LogP contribution in [0.15, 0.2) is 10.5 Å². The molecule has 0 aliphatic carbocycles. The van der Waals surface area contributed by atoms with E-state index >= 15 is 0 Å². The highest BCUT2D eigenvalue weighted by atomic mass is 79.9. The molecule has 0 atom stereocenters. The number of hydrogen-bond acceptors (Lipinski definition) is 2. The molecule has 2 nitrogen and oxygen atoms in total. The van der Waals surface area contributed by atoms with Crippen molar-refractivity contribution in [2.24, 2.45) is 0 Å². The molecule has 0 aliphatic heterocycles. The van der Waals surface area contributed by atoms with E-state index in [1.807, 2.05) is 0 Å². The van der Waals surface area contributed by atoms with Crippen molar-refractivity contribution in [2.75, 3.05) is 7.11 Å². The summed E-state index contributed by atoms with van der Waals surface area (Å²) >= 11 is 9.49. The largest absolute Gasteiger partial charge is 0.542 e. The van der Waals surface area contributed by atoms with Crippen molar-refractivity contribution in [2.45, 2.75) is 58.2 Å². The Labute approximate surface area is 147 Å². The first kappa shape index (κ1) is 19.8. The number of methoxy groups -OCH3 is 1. The van der Waals surface area contributed by atoms with Gasteiger partial charge in [-0.2, -0.15) is 0 Å². The molecule has 22 heavy (non-hydrogen) atoms. The first-order chi connectivity index (χ1) is 10.1. The molecule has 0 amide bonds. The van der Waals surface area contributed by atoms with Crippen LogP contribution in [0.1, 0.15) is 41.5 Å². The molecule has 6 heteroatoms. The van der Waals surface area contributed by atoms with Crippen molar-refractivity contribution in [1.82, 2.24) is 0 Å². The SMILES string of the molecule is COc1cc(O[Si](C(C)C)(C(C)C)C(C)C)c(Cl)c(Br)c1F. The molecule has 0 unspecified atom stereocenters. The fraction of sp³-hybridized carbons (Fsp3) is 0.625. The second-order valence-electron chi connectivity index (χ2n) is 6.44. The molecule has 126 valence electrons. The summed E-state index contributed by atoms with van der Waals surface area (Å²) in [5, 5.41) is 0.261. The summed E-state index contributed by atoms with van der Waals surface area (Å²) in [6.45, 7) is 13.1. The normalized spacial score (nSPS) is 12.4. The highest BCUT2D eigenvalue weighted by Gasteiger charge is 2.47. The minimum absolute atomic E-state index is 0.130. The van der Waals surface area contributed by atoms with E-state index in [-0.39, 0.29) is 15.2 Å². The second kappa shape index (κ2) is 7.54. The molecule has 0 N–H and O–H groups in total. The first-order valence-corrected chi connectivity index (χ1v) is 10.8. The quantitative estimate of drug-likeness (QED) is 0.378. The Morgan fingerprint density at radius 1 is 1.05 bits per heavy atom. The average Bonchev–Trinajstić information content (AvgIpc) is 2.43. The lowest BCUT2D eigenvalue weighted by molar-refractivity contribution is 0.381. The zero-order valence-electron chi connectivity index (χ0n) is 14.3. The van der Waals surface area contributed by atoms with Gasteiger partial charge in [-0.05, 0) is 32.6 Å². The summed E-state index contributed by atoms with van der Waals surface area (Å²) in [6.07, 6.45) is 0. The van der Waals surface area contributed by atoms with Gasteiger partial charge in [-0.3, -0.25) is 0 Å². The molecule has 0 aromatic heterocycles. The van der Waals surface area contributed by atoms with Crippen LogP contribution in [0.25, 0.3) is 0 Å². The lowest BCUT2D eigenvalue weighted by Gasteiger charge is -2.42. The fourth-order valence-corrected chi connectivity index (χ4v) is 9.21. The lowest BCUT2D eigenvalue weighted by atomic mass is 10.3. The molecule has 1 rings (SSSR count). The molecule has 1 aromatic rings. The van der Waals surface area contributed by atoms with Crippen molar-refractivity contribution in [3.8, 4) is 11.5 Å². The van der Waals surface area contributed by atoms with Crippen LogP contribution in [-0.4, -0.2) is 15.4 Å². The molecule has 0 radical (unpaired) electrons. The number of halogens is 3. The minimum atomic E-state index is -2.16. The zero-order valence-corrected chi connectivity index (χ0v) is 17.6. The van der Waals surface area contributed by atoms with E-state index in [0.29, 0.717) is 22.4 Å². The Hall–Kier alpha value is -0.263. The predicted octanol–water partition coefficient (Wildman–Crippen LogP) is 6.80. The third kappa shape index (κ3) is 3.46. The van der Waals surface area contributed by atoms with Gasteiger partial charge in [-0.1, -0.05) is 53.1 Å². The number of hydrogen-bond donors (Lipinski definition) is 0. The van der Waals surface area contributed by atoms with Gasteiger partial charge < -0.3 is 9.16 Å². The summed E-state index contributed by atoms with van der Waals surface area (Å²) in [6, 6.07) is 1.55. The highest BCUT2D eigenvalue weighted by molar-refractivity contribution is 9.10. The zero-order chi connectivity index (χ0) is 17.2. The molecule has 0 fully saturated rings. The fourth-order valence-electron chi connectivity index (χ4n) is 3.33. The average molecular weight is 412 g/mol. The third-order valence-electron chi connectivity index (χ3n) is 4.29. The van der Waals surface area contributed by atoms with Crippen LogP contribution >= 0.6 is 27.5 Å². The van der Waals surface area contributed by atoms with Crippen LogP contribution in [0.2, 0.25) is 21.6 Å². The maximum Gasteiger partial charge on any atom is 0.258 e. The third-order valence-corrected chi connectivity index (χ3v) is 11.6. The van der Waals surface area contributed by atoms with Gasteiger partial charge in [0.05, 0.1) is 16.6 Å². The van der Waals surface area contributed by atoms with Crippen LogP contribution < -0.4 is 9.16 Å². The van der Waals surface area contributed by atoms with E-state index in [4.69, 9.17) is 20.8 Å². The van der Waals surface area contributed by atoms with Gasteiger partial charge in [0.2, 0.25) is 0 Å². The maximum atomic E-state index is 14.1. The van der Waals surface area contributed by atoms with E-state index in [9.17, 15) is 4.39 Å². The highest BCUT2D eigenvalue weighted by Crippen LogP contribution is 2.47. The summed E-state index contributed by atoms with van der Waals surface area (Å²) in [5.74, 6) is 0.116. The Bertz CT molecular complexity index is 514. The summed E-state index contributed by atoms with van der Waals surface area (Å²) in [4.78, 5) is 0. The van der Waals surface area contributed by atoms with Crippen molar-refractivity contribution >= 4 is 35.8 Å². The van der Waals surface area contributed by atoms with Gasteiger partial charge in [0.15, 0.2) is 11.6 Å². The Morgan fingerprint density at radius 3 is 1.86 bits per heavy atom. The summed E-state index contributed by atoms with van der Waals surface area (Å²) in [7, 11) is -0.728. The molecule has 0 aliphatic rings. The van der Waals surface area contributed by atoms with Crippen LogP contribution in [0, 0.1) is 5.82 Å².